The maximum atomic E-state index is 10.2. The molecular formula is C4H11NaO3S. The molecule has 0 saturated heterocycles. The second-order valence-corrected chi connectivity index (χ2v) is 3.17. The van der Waals surface area contributed by atoms with Crippen molar-refractivity contribution < 1.29 is 12.6 Å². The molecule has 0 radical (unpaired) electrons. The first-order valence-electron chi connectivity index (χ1n) is 2.40. The van der Waals surface area contributed by atoms with Crippen LogP contribution in [0.1, 0.15) is 13.3 Å². The zero-order valence-corrected chi connectivity index (χ0v) is 5.86. The SMILES string of the molecule is CCCOS(C)(=O)=O.[NaH]. The van der Waals surface area contributed by atoms with Crippen molar-refractivity contribution >= 4 is 39.7 Å². The first-order chi connectivity index (χ1) is 3.56. The van der Waals surface area contributed by atoms with Gasteiger partial charge < -0.3 is 0 Å². The van der Waals surface area contributed by atoms with E-state index in [1.807, 2.05) is 6.92 Å². The monoisotopic (exact) mass is 162 g/mol. The fourth-order valence-corrected chi connectivity index (χ4v) is 0.704. The molecule has 5 heteroatoms. The summed E-state index contributed by atoms with van der Waals surface area (Å²) in [5.41, 5.74) is 0. The quantitative estimate of drug-likeness (QED) is 0.423. The summed E-state index contributed by atoms with van der Waals surface area (Å²) in [7, 11) is -3.19. The third kappa shape index (κ3) is 12.2. The van der Waals surface area contributed by atoms with E-state index < -0.39 is 10.1 Å². The van der Waals surface area contributed by atoms with Gasteiger partial charge >= 0.3 is 29.6 Å². The molecular weight excluding hydrogens is 151 g/mol. The molecule has 0 saturated carbocycles. The Kier molecular flexibility index (Phi) is 7.93. The van der Waals surface area contributed by atoms with E-state index in [1.165, 1.54) is 0 Å². The summed E-state index contributed by atoms with van der Waals surface area (Å²) in [4.78, 5) is 0. The summed E-state index contributed by atoms with van der Waals surface area (Å²) in [6.07, 6.45) is 1.77. The van der Waals surface area contributed by atoms with Crippen molar-refractivity contribution in [2.75, 3.05) is 12.9 Å². The molecule has 0 aromatic carbocycles. The summed E-state index contributed by atoms with van der Waals surface area (Å²) in [5, 5.41) is 0. The molecule has 0 atom stereocenters. The van der Waals surface area contributed by atoms with Crippen molar-refractivity contribution in [3.05, 3.63) is 0 Å². The van der Waals surface area contributed by atoms with E-state index in [-0.39, 0.29) is 29.6 Å². The Morgan fingerprint density at radius 3 is 2.00 bits per heavy atom. The van der Waals surface area contributed by atoms with Crippen LogP contribution < -0.4 is 0 Å². The molecule has 0 amide bonds. The Hall–Kier alpha value is 0.910. The summed E-state index contributed by atoms with van der Waals surface area (Å²) < 4.78 is 24.7. The van der Waals surface area contributed by atoms with E-state index in [2.05, 4.69) is 4.18 Å². The molecule has 0 aliphatic rings. The van der Waals surface area contributed by atoms with Crippen molar-refractivity contribution in [2.24, 2.45) is 0 Å². The van der Waals surface area contributed by atoms with Gasteiger partial charge in [0.2, 0.25) is 0 Å². The number of hydrogen-bond acceptors (Lipinski definition) is 3. The average molecular weight is 162 g/mol. The molecule has 0 bridgehead atoms. The Balaban J connectivity index is 0. The predicted molar refractivity (Wildman–Crippen MR) is 38.2 cm³/mol. The van der Waals surface area contributed by atoms with Gasteiger partial charge in [0.05, 0.1) is 12.9 Å². The van der Waals surface area contributed by atoms with Crippen molar-refractivity contribution in [3.63, 3.8) is 0 Å². The Morgan fingerprint density at radius 2 is 1.89 bits per heavy atom. The molecule has 0 heterocycles. The molecule has 0 fully saturated rings. The van der Waals surface area contributed by atoms with Crippen LogP contribution in [0.15, 0.2) is 0 Å². The fourth-order valence-electron chi connectivity index (χ4n) is 0.235. The van der Waals surface area contributed by atoms with Crippen LogP contribution >= 0.6 is 0 Å². The molecule has 3 nitrogen and oxygen atoms in total. The van der Waals surface area contributed by atoms with E-state index in [1.54, 1.807) is 0 Å². The third-order valence-corrected chi connectivity index (χ3v) is 1.10. The standard InChI is InChI=1S/C4H10O3S.Na.H/c1-3-4-7-8(2,5)6;;/h3-4H2,1-2H3;;. The van der Waals surface area contributed by atoms with E-state index in [9.17, 15) is 8.42 Å². The molecule has 0 aliphatic carbocycles. The normalized spacial score (nSPS) is 10.4. The van der Waals surface area contributed by atoms with E-state index in [0.29, 0.717) is 6.61 Å². The first kappa shape index (κ1) is 12.6. The van der Waals surface area contributed by atoms with Crippen LogP contribution in [-0.4, -0.2) is 50.8 Å². The van der Waals surface area contributed by atoms with Gasteiger partial charge in [-0.1, -0.05) is 6.92 Å². The fraction of sp³-hybridized carbons (Fsp3) is 1.00. The zero-order valence-electron chi connectivity index (χ0n) is 5.05. The molecule has 9 heavy (non-hydrogen) atoms. The molecule has 0 N–H and O–H groups in total. The van der Waals surface area contributed by atoms with Gasteiger partial charge in [-0.05, 0) is 6.42 Å². The average Bonchev–Trinajstić information content (AvgIpc) is 1.59. The van der Waals surface area contributed by atoms with Crippen LogP contribution in [0.2, 0.25) is 0 Å². The van der Waals surface area contributed by atoms with Crippen LogP contribution in [0.3, 0.4) is 0 Å². The van der Waals surface area contributed by atoms with Crippen LogP contribution in [-0.2, 0) is 14.3 Å². The first-order valence-corrected chi connectivity index (χ1v) is 4.22. The molecule has 52 valence electrons. The number of hydrogen-bond donors (Lipinski definition) is 0. The van der Waals surface area contributed by atoms with E-state index in [4.69, 9.17) is 0 Å². The van der Waals surface area contributed by atoms with Crippen LogP contribution in [0.4, 0.5) is 0 Å². The molecule has 0 unspecified atom stereocenters. The van der Waals surface area contributed by atoms with Gasteiger partial charge in [0.25, 0.3) is 10.1 Å². The van der Waals surface area contributed by atoms with Gasteiger partial charge in [-0.15, -0.1) is 0 Å². The second-order valence-electron chi connectivity index (χ2n) is 1.53. The van der Waals surface area contributed by atoms with E-state index >= 15 is 0 Å². The van der Waals surface area contributed by atoms with Crippen LogP contribution in [0.25, 0.3) is 0 Å². The van der Waals surface area contributed by atoms with Gasteiger partial charge in [-0.25, -0.2) is 0 Å². The minimum absolute atomic E-state index is 0. The van der Waals surface area contributed by atoms with Gasteiger partial charge in [0.1, 0.15) is 0 Å². The van der Waals surface area contributed by atoms with Crippen LogP contribution in [0.5, 0.6) is 0 Å². The van der Waals surface area contributed by atoms with E-state index in [0.717, 1.165) is 12.7 Å². The minimum atomic E-state index is -3.19. The Bertz CT molecular complexity index is 140. The predicted octanol–water partition coefficient (Wildman–Crippen LogP) is -0.276. The summed E-state index contributed by atoms with van der Waals surface area (Å²) >= 11 is 0. The van der Waals surface area contributed by atoms with Crippen molar-refractivity contribution in [2.45, 2.75) is 13.3 Å². The molecule has 0 spiro atoms. The molecule has 0 aromatic rings. The molecule has 0 rings (SSSR count). The van der Waals surface area contributed by atoms with Crippen molar-refractivity contribution in [1.29, 1.82) is 0 Å². The second kappa shape index (κ2) is 5.68. The molecule has 0 aromatic heterocycles. The zero-order chi connectivity index (χ0) is 6.62. The number of rotatable bonds is 3. The van der Waals surface area contributed by atoms with Gasteiger partial charge in [-0.2, -0.15) is 8.42 Å². The summed E-state index contributed by atoms with van der Waals surface area (Å²) in [5.74, 6) is 0. The van der Waals surface area contributed by atoms with Gasteiger partial charge in [0, 0.05) is 0 Å². The topological polar surface area (TPSA) is 43.4 Å². The summed E-state index contributed by atoms with van der Waals surface area (Å²) in [6.45, 7) is 2.14. The third-order valence-electron chi connectivity index (χ3n) is 0.502. The van der Waals surface area contributed by atoms with Crippen molar-refractivity contribution in [1.82, 2.24) is 0 Å². The van der Waals surface area contributed by atoms with Gasteiger partial charge in [-0.3, -0.25) is 4.18 Å². The van der Waals surface area contributed by atoms with Crippen molar-refractivity contribution in [3.8, 4) is 0 Å². The maximum absolute atomic E-state index is 10.2. The summed E-state index contributed by atoms with van der Waals surface area (Å²) in [6, 6.07) is 0. The Morgan fingerprint density at radius 1 is 1.44 bits per heavy atom. The van der Waals surface area contributed by atoms with Gasteiger partial charge in [0.15, 0.2) is 0 Å². The molecule has 0 aliphatic heterocycles. The Labute approximate surface area is 78.2 Å². The van der Waals surface area contributed by atoms with Crippen LogP contribution in [0, 0.1) is 0 Å².